The molecule has 0 fully saturated rings. The van der Waals surface area contributed by atoms with Crippen LogP contribution in [0.2, 0.25) is 0 Å². The van der Waals surface area contributed by atoms with Gasteiger partial charge in [0, 0.05) is 18.0 Å². The van der Waals surface area contributed by atoms with Crippen LogP contribution in [0.5, 0.6) is 0 Å². The van der Waals surface area contributed by atoms with Crippen LogP contribution in [-0.4, -0.2) is 18.5 Å². The maximum absolute atomic E-state index is 5.85. The summed E-state index contributed by atoms with van der Waals surface area (Å²) in [6.45, 7) is 3.42. The number of furan rings is 1. The Labute approximate surface area is 106 Å². The van der Waals surface area contributed by atoms with Gasteiger partial charge in [-0.2, -0.15) is 0 Å². The Morgan fingerprint density at radius 3 is 2.76 bits per heavy atom. The van der Waals surface area contributed by atoms with Crippen molar-refractivity contribution in [3.05, 3.63) is 46.0 Å². The molecule has 0 saturated heterocycles. The van der Waals surface area contributed by atoms with E-state index in [4.69, 9.17) is 10.2 Å². The number of likely N-dealkylation sites (N-methyl/N-ethyl adjacent to an activating group) is 1. The van der Waals surface area contributed by atoms with Gasteiger partial charge in [0.2, 0.25) is 0 Å². The predicted octanol–water partition coefficient (Wildman–Crippen LogP) is 2.78. The van der Waals surface area contributed by atoms with Gasteiger partial charge in [-0.3, -0.25) is 4.90 Å². The molecule has 0 aliphatic heterocycles. The van der Waals surface area contributed by atoms with Crippen molar-refractivity contribution in [1.82, 2.24) is 4.90 Å². The zero-order valence-electron chi connectivity index (χ0n) is 10.2. The molecule has 2 N–H and O–H groups in total. The average molecular weight is 250 g/mol. The van der Waals surface area contributed by atoms with Crippen LogP contribution < -0.4 is 5.73 Å². The van der Waals surface area contributed by atoms with Crippen molar-refractivity contribution in [3.63, 3.8) is 0 Å². The Hall–Kier alpha value is -1.10. The number of nitrogens with two attached hydrogens (primary N) is 1. The van der Waals surface area contributed by atoms with Crippen molar-refractivity contribution in [2.75, 3.05) is 13.6 Å². The molecule has 1 atom stereocenters. The molecule has 0 saturated carbocycles. The Bertz CT molecular complexity index is 450. The summed E-state index contributed by atoms with van der Waals surface area (Å²) in [7, 11) is 2.08. The minimum Gasteiger partial charge on any atom is -0.465 e. The van der Waals surface area contributed by atoms with Gasteiger partial charge >= 0.3 is 0 Å². The van der Waals surface area contributed by atoms with Crippen LogP contribution >= 0.6 is 11.3 Å². The maximum atomic E-state index is 5.85. The minimum atomic E-state index is 0.144. The molecule has 0 aromatic carbocycles. The van der Waals surface area contributed by atoms with Crippen LogP contribution in [0.1, 0.15) is 22.4 Å². The highest BCUT2D eigenvalue weighted by Crippen LogP contribution is 2.23. The summed E-state index contributed by atoms with van der Waals surface area (Å²) in [5, 5.41) is 2.09. The Balaban J connectivity index is 2.07. The largest absolute Gasteiger partial charge is 0.465 e. The lowest BCUT2D eigenvalue weighted by Gasteiger charge is -2.24. The van der Waals surface area contributed by atoms with Crippen molar-refractivity contribution < 1.29 is 4.42 Å². The smallest absolute Gasteiger partial charge is 0.122 e. The number of hydrogen-bond acceptors (Lipinski definition) is 4. The SMILES string of the molecule is Cc1ccc(C(CN)N(C)Cc2cccs2)o1. The topological polar surface area (TPSA) is 42.4 Å². The molecule has 0 bridgehead atoms. The molecule has 92 valence electrons. The fourth-order valence-corrected chi connectivity index (χ4v) is 2.67. The van der Waals surface area contributed by atoms with Gasteiger partial charge in [-0.1, -0.05) is 6.07 Å². The van der Waals surface area contributed by atoms with E-state index in [0.29, 0.717) is 6.54 Å². The van der Waals surface area contributed by atoms with E-state index in [1.165, 1.54) is 4.88 Å². The second-order valence-corrected chi connectivity index (χ2v) is 5.23. The summed E-state index contributed by atoms with van der Waals surface area (Å²) in [5.41, 5.74) is 5.85. The van der Waals surface area contributed by atoms with Crippen LogP contribution in [0, 0.1) is 6.92 Å². The molecule has 0 aliphatic rings. The van der Waals surface area contributed by atoms with E-state index < -0.39 is 0 Å². The normalized spacial score (nSPS) is 13.2. The maximum Gasteiger partial charge on any atom is 0.122 e. The highest BCUT2D eigenvalue weighted by atomic mass is 32.1. The quantitative estimate of drug-likeness (QED) is 0.887. The van der Waals surface area contributed by atoms with E-state index >= 15 is 0 Å². The molecule has 2 aromatic heterocycles. The first-order valence-electron chi connectivity index (χ1n) is 5.69. The van der Waals surface area contributed by atoms with E-state index in [2.05, 4.69) is 29.5 Å². The predicted molar refractivity (Wildman–Crippen MR) is 71.0 cm³/mol. The monoisotopic (exact) mass is 250 g/mol. The first-order chi connectivity index (χ1) is 8.20. The van der Waals surface area contributed by atoms with E-state index in [-0.39, 0.29) is 6.04 Å². The van der Waals surface area contributed by atoms with Gasteiger partial charge in [-0.25, -0.2) is 0 Å². The molecule has 0 aliphatic carbocycles. The van der Waals surface area contributed by atoms with Crippen molar-refractivity contribution in [2.45, 2.75) is 19.5 Å². The highest BCUT2D eigenvalue weighted by Gasteiger charge is 2.18. The van der Waals surface area contributed by atoms with Crippen LogP contribution in [0.25, 0.3) is 0 Å². The molecular weight excluding hydrogens is 232 g/mol. The van der Waals surface area contributed by atoms with Crippen LogP contribution in [0.15, 0.2) is 34.1 Å². The van der Waals surface area contributed by atoms with Gasteiger partial charge in [-0.05, 0) is 37.6 Å². The summed E-state index contributed by atoms with van der Waals surface area (Å²) >= 11 is 1.77. The lowest BCUT2D eigenvalue weighted by molar-refractivity contribution is 0.213. The number of hydrogen-bond donors (Lipinski definition) is 1. The molecule has 1 unspecified atom stereocenters. The van der Waals surface area contributed by atoms with Crippen LogP contribution in [-0.2, 0) is 6.54 Å². The Morgan fingerprint density at radius 1 is 1.41 bits per heavy atom. The summed E-state index contributed by atoms with van der Waals surface area (Å²) in [6, 6.07) is 8.35. The first kappa shape index (κ1) is 12.4. The molecule has 4 heteroatoms. The Morgan fingerprint density at radius 2 is 2.24 bits per heavy atom. The fourth-order valence-electron chi connectivity index (χ4n) is 1.90. The average Bonchev–Trinajstić information content (AvgIpc) is 2.91. The molecular formula is C13H18N2OS. The summed E-state index contributed by atoms with van der Waals surface area (Å²) < 4.78 is 5.66. The molecule has 17 heavy (non-hydrogen) atoms. The van der Waals surface area contributed by atoms with E-state index in [9.17, 15) is 0 Å². The third-order valence-electron chi connectivity index (χ3n) is 2.83. The molecule has 0 amide bonds. The third kappa shape index (κ3) is 2.97. The molecule has 0 radical (unpaired) electrons. The van der Waals surface area contributed by atoms with E-state index in [1.54, 1.807) is 11.3 Å². The summed E-state index contributed by atoms with van der Waals surface area (Å²) in [6.07, 6.45) is 0. The standard InChI is InChI=1S/C13H18N2OS/c1-10-5-6-13(16-10)12(8-14)15(2)9-11-4-3-7-17-11/h3-7,12H,8-9,14H2,1-2H3. The van der Waals surface area contributed by atoms with E-state index in [1.807, 2.05) is 19.1 Å². The number of nitrogens with zero attached hydrogens (tertiary/aromatic N) is 1. The second kappa shape index (κ2) is 5.49. The van der Waals surface area contributed by atoms with Gasteiger partial charge in [0.15, 0.2) is 0 Å². The zero-order chi connectivity index (χ0) is 12.3. The van der Waals surface area contributed by atoms with Gasteiger partial charge in [0.05, 0.1) is 6.04 Å². The minimum absolute atomic E-state index is 0.144. The Kier molecular flexibility index (Phi) is 3.99. The van der Waals surface area contributed by atoms with Crippen LogP contribution in [0.3, 0.4) is 0 Å². The lowest BCUT2D eigenvalue weighted by atomic mass is 10.2. The molecule has 2 aromatic rings. The molecule has 2 rings (SSSR count). The highest BCUT2D eigenvalue weighted by molar-refractivity contribution is 7.09. The van der Waals surface area contributed by atoms with E-state index in [0.717, 1.165) is 18.1 Å². The lowest BCUT2D eigenvalue weighted by Crippen LogP contribution is -2.29. The van der Waals surface area contributed by atoms with Gasteiger partial charge in [0.1, 0.15) is 11.5 Å². The number of thiophene rings is 1. The number of aryl methyl sites for hydroxylation is 1. The number of rotatable bonds is 5. The third-order valence-corrected chi connectivity index (χ3v) is 3.69. The zero-order valence-corrected chi connectivity index (χ0v) is 11.0. The van der Waals surface area contributed by atoms with Crippen molar-refractivity contribution in [3.8, 4) is 0 Å². The van der Waals surface area contributed by atoms with Crippen LogP contribution in [0.4, 0.5) is 0 Å². The van der Waals surface area contributed by atoms with Crippen molar-refractivity contribution in [2.24, 2.45) is 5.73 Å². The molecule has 3 nitrogen and oxygen atoms in total. The molecule has 2 heterocycles. The molecule has 0 spiro atoms. The van der Waals surface area contributed by atoms with Crippen molar-refractivity contribution in [1.29, 1.82) is 0 Å². The second-order valence-electron chi connectivity index (χ2n) is 4.19. The summed E-state index contributed by atoms with van der Waals surface area (Å²) in [5.74, 6) is 1.88. The van der Waals surface area contributed by atoms with Gasteiger partial charge in [0.25, 0.3) is 0 Å². The van der Waals surface area contributed by atoms with Gasteiger partial charge < -0.3 is 10.2 Å². The summed E-state index contributed by atoms with van der Waals surface area (Å²) in [4.78, 5) is 3.57. The fraction of sp³-hybridized carbons (Fsp3) is 0.385. The first-order valence-corrected chi connectivity index (χ1v) is 6.57. The van der Waals surface area contributed by atoms with Gasteiger partial charge in [-0.15, -0.1) is 11.3 Å². The van der Waals surface area contributed by atoms with Crippen molar-refractivity contribution >= 4 is 11.3 Å².